The van der Waals surface area contributed by atoms with Gasteiger partial charge in [0.15, 0.2) is 6.04 Å². The maximum absolute atomic E-state index is 11.9. The number of carbonyl (C=O) groups is 1. The van der Waals surface area contributed by atoms with E-state index in [0.29, 0.717) is 0 Å². The molecule has 0 radical (unpaired) electrons. The van der Waals surface area contributed by atoms with E-state index in [4.69, 9.17) is 9.84 Å². The Morgan fingerprint density at radius 3 is 2.65 bits per heavy atom. The van der Waals surface area contributed by atoms with Gasteiger partial charge in [-0.15, -0.1) is 0 Å². The number of aromatic nitrogens is 1. The maximum Gasteiger partial charge on any atom is 0.333 e. The molecule has 1 aromatic carbocycles. The summed E-state index contributed by atoms with van der Waals surface area (Å²) < 4.78 is 4.81. The Labute approximate surface area is 117 Å². The van der Waals surface area contributed by atoms with Gasteiger partial charge in [-0.3, -0.25) is 4.98 Å². The SMILES string of the molecule is COC(=O)C(Nc1ccc(CO)cc1)c1cccnc1. The van der Waals surface area contributed by atoms with E-state index in [2.05, 4.69) is 10.3 Å². The summed E-state index contributed by atoms with van der Waals surface area (Å²) in [7, 11) is 1.35. The minimum absolute atomic E-state index is 0.0106. The van der Waals surface area contributed by atoms with Crippen molar-refractivity contribution in [2.45, 2.75) is 12.6 Å². The predicted octanol–water partition coefficient (Wildman–Crippen LogP) is 1.90. The molecule has 2 aromatic rings. The first-order chi connectivity index (χ1) is 9.74. The number of carbonyl (C=O) groups excluding carboxylic acids is 1. The monoisotopic (exact) mass is 272 g/mol. The Kier molecular flexibility index (Phi) is 4.68. The van der Waals surface area contributed by atoms with Crippen molar-refractivity contribution in [1.82, 2.24) is 4.98 Å². The minimum Gasteiger partial charge on any atom is -0.467 e. The van der Waals surface area contributed by atoms with Gasteiger partial charge >= 0.3 is 5.97 Å². The average molecular weight is 272 g/mol. The average Bonchev–Trinajstić information content (AvgIpc) is 2.53. The van der Waals surface area contributed by atoms with Crippen molar-refractivity contribution in [3.63, 3.8) is 0 Å². The summed E-state index contributed by atoms with van der Waals surface area (Å²) in [6, 6.07) is 10.1. The molecule has 5 heteroatoms. The number of ether oxygens (including phenoxy) is 1. The Hall–Kier alpha value is -2.40. The third kappa shape index (κ3) is 3.33. The van der Waals surface area contributed by atoms with Crippen LogP contribution >= 0.6 is 0 Å². The van der Waals surface area contributed by atoms with Crippen LogP contribution in [-0.4, -0.2) is 23.2 Å². The number of benzene rings is 1. The van der Waals surface area contributed by atoms with E-state index in [1.165, 1.54) is 7.11 Å². The number of hydrogen-bond acceptors (Lipinski definition) is 5. The number of aliphatic hydroxyl groups is 1. The number of esters is 1. The molecule has 1 unspecified atom stereocenters. The number of rotatable bonds is 5. The van der Waals surface area contributed by atoms with Gasteiger partial charge in [0, 0.05) is 23.6 Å². The van der Waals surface area contributed by atoms with Crippen molar-refractivity contribution >= 4 is 11.7 Å². The van der Waals surface area contributed by atoms with Crippen molar-refractivity contribution in [3.05, 3.63) is 59.9 Å². The van der Waals surface area contributed by atoms with Gasteiger partial charge in [-0.25, -0.2) is 4.79 Å². The lowest BCUT2D eigenvalue weighted by molar-refractivity contribution is -0.141. The molecule has 0 bridgehead atoms. The van der Waals surface area contributed by atoms with Gasteiger partial charge in [0.25, 0.3) is 0 Å². The maximum atomic E-state index is 11.9. The third-order valence-electron chi connectivity index (χ3n) is 2.90. The summed E-state index contributed by atoms with van der Waals surface area (Å²) in [5, 5.41) is 12.1. The number of nitrogens with one attached hydrogen (secondary N) is 1. The molecule has 104 valence electrons. The third-order valence-corrected chi connectivity index (χ3v) is 2.90. The van der Waals surface area contributed by atoms with Crippen molar-refractivity contribution < 1.29 is 14.6 Å². The van der Waals surface area contributed by atoms with E-state index < -0.39 is 6.04 Å². The van der Waals surface area contributed by atoms with Crippen LogP contribution in [0, 0.1) is 0 Å². The molecule has 2 N–H and O–H groups in total. The molecule has 0 aliphatic heterocycles. The highest BCUT2D eigenvalue weighted by atomic mass is 16.5. The van der Waals surface area contributed by atoms with E-state index in [9.17, 15) is 4.79 Å². The first kappa shape index (κ1) is 14.0. The molecule has 0 saturated carbocycles. The van der Waals surface area contributed by atoms with Crippen LogP contribution in [0.5, 0.6) is 0 Å². The summed E-state index contributed by atoms with van der Waals surface area (Å²) in [5.41, 5.74) is 2.30. The Balaban J connectivity index is 2.21. The molecule has 0 spiro atoms. The topological polar surface area (TPSA) is 71.5 Å². The van der Waals surface area contributed by atoms with E-state index in [0.717, 1.165) is 16.8 Å². The second kappa shape index (κ2) is 6.68. The molecule has 0 aliphatic rings. The number of anilines is 1. The summed E-state index contributed by atoms with van der Waals surface area (Å²) in [4.78, 5) is 15.9. The Morgan fingerprint density at radius 1 is 1.35 bits per heavy atom. The molecule has 2 rings (SSSR count). The van der Waals surface area contributed by atoms with Crippen LogP contribution in [0.3, 0.4) is 0 Å². The van der Waals surface area contributed by atoms with Crippen molar-refractivity contribution in [2.24, 2.45) is 0 Å². The normalized spacial score (nSPS) is 11.7. The van der Waals surface area contributed by atoms with Crippen LogP contribution in [-0.2, 0) is 16.1 Å². The molecule has 0 saturated heterocycles. The molecule has 1 aromatic heterocycles. The highest BCUT2D eigenvalue weighted by Gasteiger charge is 2.21. The Morgan fingerprint density at radius 2 is 2.10 bits per heavy atom. The number of pyridine rings is 1. The summed E-state index contributed by atoms with van der Waals surface area (Å²) in [5.74, 6) is -0.385. The van der Waals surface area contributed by atoms with Crippen LogP contribution in [0.25, 0.3) is 0 Å². The van der Waals surface area contributed by atoms with Gasteiger partial charge in [-0.05, 0) is 23.8 Å². The molecule has 1 heterocycles. The van der Waals surface area contributed by atoms with E-state index in [1.54, 1.807) is 42.7 Å². The number of methoxy groups -OCH3 is 1. The molecule has 1 atom stereocenters. The molecular weight excluding hydrogens is 256 g/mol. The molecular formula is C15H16N2O3. The first-order valence-electron chi connectivity index (χ1n) is 6.18. The molecule has 0 aliphatic carbocycles. The lowest BCUT2D eigenvalue weighted by atomic mass is 10.1. The highest BCUT2D eigenvalue weighted by Crippen LogP contribution is 2.20. The van der Waals surface area contributed by atoms with Gasteiger partial charge in [-0.1, -0.05) is 18.2 Å². The zero-order chi connectivity index (χ0) is 14.4. The van der Waals surface area contributed by atoms with Gasteiger partial charge in [0.1, 0.15) is 0 Å². The first-order valence-corrected chi connectivity index (χ1v) is 6.18. The second-order valence-corrected chi connectivity index (χ2v) is 4.24. The van der Waals surface area contributed by atoms with Crippen LogP contribution < -0.4 is 5.32 Å². The van der Waals surface area contributed by atoms with Gasteiger partial charge in [0.2, 0.25) is 0 Å². The van der Waals surface area contributed by atoms with Gasteiger partial charge < -0.3 is 15.2 Å². The van der Waals surface area contributed by atoms with Crippen LogP contribution in [0.15, 0.2) is 48.8 Å². The smallest absolute Gasteiger partial charge is 0.333 e. The highest BCUT2D eigenvalue weighted by molar-refractivity contribution is 5.80. The standard InChI is InChI=1S/C15H16N2O3/c1-20-15(19)14(12-3-2-8-16-9-12)17-13-6-4-11(10-18)5-7-13/h2-9,14,17-18H,10H2,1H3. The predicted molar refractivity (Wildman–Crippen MR) is 75.0 cm³/mol. The zero-order valence-electron chi connectivity index (χ0n) is 11.1. The van der Waals surface area contributed by atoms with Crippen molar-refractivity contribution in [1.29, 1.82) is 0 Å². The second-order valence-electron chi connectivity index (χ2n) is 4.24. The molecule has 0 amide bonds. The van der Waals surface area contributed by atoms with Crippen LogP contribution in [0.4, 0.5) is 5.69 Å². The van der Waals surface area contributed by atoms with Gasteiger partial charge in [0.05, 0.1) is 13.7 Å². The fraction of sp³-hybridized carbons (Fsp3) is 0.200. The summed E-state index contributed by atoms with van der Waals surface area (Å²) in [6.45, 7) is -0.0106. The van der Waals surface area contributed by atoms with Crippen molar-refractivity contribution in [3.8, 4) is 0 Å². The molecule has 20 heavy (non-hydrogen) atoms. The number of aliphatic hydroxyl groups excluding tert-OH is 1. The van der Waals surface area contributed by atoms with Crippen LogP contribution in [0.2, 0.25) is 0 Å². The lowest BCUT2D eigenvalue weighted by Crippen LogP contribution is -2.22. The number of hydrogen-bond donors (Lipinski definition) is 2. The quantitative estimate of drug-likeness (QED) is 0.813. The van der Waals surface area contributed by atoms with E-state index in [-0.39, 0.29) is 12.6 Å². The summed E-state index contributed by atoms with van der Waals surface area (Å²) >= 11 is 0. The molecule has 0 fully saturated rings. The fourth-order valence-electron chi connectivity index (χ4n) is 1.82. The summed E-state index contributed by atoms with van der Waals surface area (Å²) in [6.07, 6.45) is 3.27. The van der Waals surface area contributed by atoms with Crippen molar-refractivity contribution in [2.75, 3.05) is 12.4 Å². The molecule has 5 nitrogen and oxygen atoms in total. The van der Waals surface area contributed by atoms with Crippen LogP contribution in [0.1, 0.15) is 17.2 Å². The lowest BCUT2D eigenvalue weighted by Gasteiger charge is -2.17. The van der Waals surface area contributed by atoms with E-state index >= 15 is 0 Å². The largest absolute Gasteiger partial charge is 0.467 e. The van der Waals surface area contributed by atoms with E-state index in [1.807, 2.05) is 6.07 Å². The number of nitrogens with zero attached hydrogens (tertiary/aromatic N) is 1. The zero-order valence-corrected chi connectivity index (χ0v) is 11.1. The Bertz CT molecular complexity index is 555. The van der Waals surface area contributed by atoms with Gasteiger partial charge in [-0.2, -0.15) is 0 Å². The fourth-order valence-corrected chi connectivity index (χ4v) is 1.82. The minimum atomic E-state index is -0.617.